The van der Waals surface area contributed by atoms with Gasteiger partial charge in [-0.05, 0) is 23.8 Å². The van der Waals surface area contributed by atoms with E-state index in [2.05, 4.69) is 4.98 Å². The van der Waals surface area contributed by atoms with Crippen LogP contribution in [0.3, 0.4) is 0 Å². The van der Waals surface area contributed by atoms with Crippen molar-refractivity contribution in [1.29, 1.82) is 5.26 Å². The van der Waals surface area contributed by atoms with Gasteiger partial charge in [-0.3, -0.25) is 14.9 Å². The van der Waals surface area contributed by atoms with Gasteiger partial charge in [-0.15, -0.1) is 0 Å². The third-order valence-corrected chi connectivity index (χ3v) is 3.79. The lowest BCUT2D eigenvalue weighted by Crippen LogP contribution is -2.23. The average molecular weight is 320 g/mol. The Kier molecular flexibility index (Phi) is 3.80. The number of nitro benzene ring substituents is 1. The Hall–Kier alpha value is -3.53. The van der Waals surface area contributed by atoms with Crippen LogP contribution >= 0.6 is 0 Å². The summed E-state index contributed by atoms with van der Waals surface area (Å²) in [6.45, 7) is 0. The number of fused-ring (bicyclic) bond motifs is 1. The summed E-state index contributed by atoms with van der Waals surface area (Å²) in [4.78, 5) is 27.2. The minimum Gasteiger partial charge on any atom is -0.308 e. The van der Waals surface area contributed by atoms with Gasteiger partial charge in [0, 0.05) is 25.6 Å². The minimum atomic E-state index is -0.494. The molecule has 0 unspecified atom stereocenters. The van der Waals surface area contributed by atoms with E-state index in [1.165, 1.54) is 22.8 Å². The molecule has 0 aliphatic rings. The summed E-state index contributed by atoms with van der Waals surface area (Å²) in [6, 6.07) is 13.1. The second-order valence-electron chi connectivity index (χ2n) is 5.34. The maximum absolute atomic E-state index is 12.4. The van der Waals surface area contributed by atoms with Crippen LogP contribution in [0.1, 0.15) is 16.8 Å². The monoisotopic (exact) mass is 320 g/mol. The predicted octanol–water partition coefficient (Wildman–Crippen LogP) is 2.30. The van der Waals surface area contributed by atoms with E-state index in [0.29, 0.717) is 22.3 Å². The Labute approximate surface area is 136 Å². The zero-order valence-electron chi connectivity index (χ0n) is 12.8. The van der Waals surface area contributed by atoms with E-state index >= 15 is 0 Å². The lowest BCUT2D eigenvalue weighted by molar-refractivity contribution is -0.384. The van der Waals surface area contributed by atoms with Crippen LogP contribution in [0.5, 0.6) is 0 Å². The van der Waals surface area contributed by atoms with Crippen LogP contribution in [0.25, 0.3) is 11.0 Å². The number of non-ortho nitro benzene ring substituents is 1. The van der Waals surface area contributed by atoms with Gasteiger partial charge < -0.3 is 4.57 Å². The van der Waals surface area contributed by atoms with Gasteiger partial charge in [0.1, 0.15) is 5.69 Å². The van der Waals surface area contributed by atoms with Crippen LogP contribution in [0.15, 0.2) is 47.3 Å². The number of aromatic nitrogens is 2. The second kappa shape index (κ2) is 5.93. The Balaban J connectivity index is 2.09. The zero-order chi connectivity index (χ0) is 17.3. The van der Waals surface area contributed by atoms with Crippen molar-refractivity contribution in [1.82, 2.24) is 9.55 Å². The van der Waals surface area contributed by atoms with Gasteiger partial charge in [0.15, 0.2) is 0 Å². The molecule has 118 valence electrons. The van der Waals surface area contributed by atoms with E-state index in [0.717, 1.165) is 5.56 Å². The van der Waals surface area contributed by atoms with Gasteiger partial charge in [0.05, 0.1) is 27.6 Å². The maximum Gasteiger partial charge on any atom is 0.272 e. The molecule has 0 aliphatic carbocycles. The molecular formula is C17H12N4O3. The van der Waals surface area contributed by atoms with E-state index in [1.54, 1.807) is 31.3 Å². The number of hydrogen-bond donors (Lipinski definition) is 0. The normalized spacial score (nSPS) is 10.5. The SMILES string of the molecule is Cn1c(=O)c(Cc2ccc(C#N)cc2)nc2cc([N+](=O)[O-])ccc21. The molecule has 0 spiro atoms. The molecule has 1 aromatic heterocycles. The summed E-state index contributed by atoms with van der Waals surface area (Å²) < 4.78 is 1.44. The molecule has 2 aromatic carbocycles. The summed E-state index contributed by atoms with van der Waals surface area (Å²) in [5, 5.41) is 19.7. The van der Waals surface area contributed by atoms with E-state index in [9.17, 15) is 14.9 Å². The fourth-order valence-electron chi connectivity index (χ4n) is 2.50. The number of rotatable bonds is 3. The number of nitrogens with zero attached hydrogens (tertiary/aromatic N) is 4. The molecule has 7 heteroatoms. The highest BCUT2D eigenvalue weighted by Crippen LogP contribution is 2.18. The molecule has 0 radical (unpaired) electrons. The highest BCUT2D eigenvalue weighted by Gasteiger charge is 2.13. The van der Waals surface area contributed by atoms with E-state index in [4.69, 9.17) is 5.26 Å². The molecule has 0 saturated heterocycles. The van der Waals surface area contributed by atoms with Gasteiger partial charge in [0.25, 0.3) is 11.2 Å². The molecule has 0 saturated carbocycles. The predicted molar refractivity (Wildman–Crippen MR) is 87.6 cm³/mol. The first-order chi connectivity index (χ1) is 11.5. The molecule has 0 fully saturated rings. The van der Waals surface area contributed by atoms with E-state index in [-0.39, 0.29) is 17.7 Å². The average Bonchev–Trinajstić information content (AvgIpc) is 2.59. The molecule has 0 N–H and O–H groups in total. The second-order valence-corrected chi connectivity index (χ2v) is 5.34. The van der Waals surface area contributed by atoms with E-state index < -0.39 is 4.92 Å². The van der Waals surface area contributed by atoms with Crippen LogP contribution < -0.4 is 5.56 Å². The van der Waals surface area contributed by atoms with Gasteiger partial charge in [-0.2, -0.15) is 5.26 Å². The highest BCUT2D eigenvalue weighted by atomic mass is 16.6. The molecule has 0 atom stereocenters. The third-order valence-electron chi connectivity index (χ3n) is 3.79. The summed E-state index contributed by atoms with van der Waals surface area (Å²) >= 11 is 0. The first-order valence-corrected chi connectivity index (χ1v) is 7.12. The van der Waals surface area contributed by atoms with Gasteiger partial charge in [-0.25, -0.2) is 4.98 Å². The quantitative estimate of drug-likeness (QED) is 0.544. The molecule has 1 heterocycles. The third kappa shape index (κ3) is 2.73. The lowest BCUT2D eigenvalue weighted by Gasteiger charge is -2.08. The smallest absolute Gasteiger partial charge is 0.272 e. The number of nitro groups is 1. The van der Waals surface area contributed by atoms with Gasteiger partial charge >= 0.3 is 0 Å². The van der Waals surface area contributed by atoms with Gasteiger partial charge in [-0.1, -0.05) is 12.1 Å². The van der Waals surface area contributed by atoms with Crippen molar-refractivity contribution in [3.8, 4) is 6.07 Å². The standard InChI is InChI=1S/C17H12N4O3/c1-20-16-7-6-13(21(23)24)9-14(16)19-15(17(20)22)8-11-2-4-12(10-18)5-3-11/h2-7,9H,8H2,1H3. The number of nitriles is 1. The first kappa shape index (κ1) is 15.4. The molecule has 0 aliphatic heterocycles. The Bertz CT molecular complexity index is 1050. The van der Waals surface area contributed by atoms with Crippen molar-refractivity contribution in [2.45, 2.75) is 6.42 Å². The number of benzene rings is 2. The minimum absolute atomic E-state index is 0.0713. The van der Waals surface area contributed by atoms with Crippen LogP contribution in [0, 0.1) is 21.4 Å². The van der Waals surface area contributed by atoms with Crippen molar-refractivity contribution < 1.29 is 4.92 Å². The van der Waals surface area contributed by atoms with Crippen molar-refractivity contribution in [2.24, 2.45) is 7.05 Å². The summed E-state index contributed by atoms with van der Waals surface area (Å²) in [5.41, 5.74) is 2.29. The van der Waals surface area contributed by atoms with Crippen LogP contribution in [0.4, 0.5) is 5.69 Å². The lowest BCUT2D eigenvalue weighted by atomic mass is 10.1. The van der Waals surface area contributed by atoms with Crippen molar-refractivity contribution in [2.75, 3.05) is 0 Å². The fraction of sp³-hybridized carbons (Fsp3) is 0.118. The molecule has 7 nitrogen and oxygen atoms in total. The topological polar surface area (TPSA) is 102 Å². The molecule has 24 heavy (non-hydrogen) atoms. The van der Waals surface area contributed by atoms with Crippen LogP contribution in [0.2, 0.25) is 0 Å². The Morgan fingerprint density at radius 3 is 2.58 bits per heavy atom. The van der Waals surface area contributed by atoms with E-state index in [1.807, 2.05) is 6.07 Å². The van der Waals surface area contributed by atoms with Crippen molar-refractivity contribution >= 4 is 16.7 Å². The number of hydrogen-bond acceptors (Lipinski definition) is 5. The zero-order valence-corrected chi connectivity index (χ0v) is 12.8. The highest BCUT2D eigenvalue weighted by molar-refractivity contribution is 5.77. The largest absolute Gasteiger partial charge is 0.308 e. The summed E-state index contributed by atoms with van der Waals surface area (Å²) in [7, 11) is 1.61. The van der Waals surface area contributed by atoms with Crippen LogP contribution in [-0.4, -0.2) is 14.5 Å². The maximum atomic E-state index is 12.4. The summed E-state index contributed by atoms with van der Waals surface area (Å²) in [6.07, 6.45) is 0.289. The first-order valence-electron chi connectivity index (χ1n) is 7.12. The van der Waals surface area contributed by atoms with Crippen LogP contribution in [-0.2, 0) is 13.5 Å². The Morgan fingerprint density at radius 2 is 1.96 bits per heavy atom. The fourth-order valence-corrected chi connectivity index (χ4v) is 2.50. The molecule has 0 bridgehead atoms. The van der Waals surface area contributed by atoms with Crippen molar-refractivity contribution in [3.63, 3.8) is 0 Å². The molecule has 3 rings (SSSR count). The molecular weight excluding hydrogens is 308 g/mol. The Morgan fingerprint density at radius 1 is 1.25 bits per heavy atom. The molecule has 0 amide bonds. The van der Waals surface area contributed by atoms with Gasteiger partial charge in [0.2, 0.25) is 0 Å². The molecule has 3 aromatic rings. The van der Waals surface area contributed by atoms with Crippen molar-refractivity contribution in [3.05, 3.63) is 79.8 Å². The summed E-state index contributed by atoms with van der Waals surface area (Å²) in [5.74, 6) is 0. The number of aryl methyl sites for hydroxylation is 1.